The highest BCUT2D eigenvalue weighted by atomic mass is 19.1. The number of urea groups is 1. The molecule has 1 saturated carbocycles. The number of likely N-dealkylation sites (tertiary alicyclic amines) is 1. The molecule has 0 spiro atoms. The summed E-state index contributed by atoms with van der Waals surface area (Å²) in [6.45, 7) is 1.61. The zero-order valence-electron chi connectivity index (χ0n) is 19.5. The first-order chi connectivity index (χ1) is 16.9. The summed E-state index contributed by atoms with van der Waals surface area (Å²) in [4.78, 5) is 29.4. The van der Waals surface area contributed by atoms with E-state index in [1.165, 1.54) is 6.07 Å². The van der Waals surface area contributed by atoms with Gasteiger partial charge in [0.1, 0.15) is 11.6 Å². The number of nitrogens with zero attached hydrogens (tertiary/aromatic N) is 2. The SMILES string of the molecule is NC(=O)NC1CCN([C@H](C(=O)N2CC(c3cc(F)ccc3F)=C[C@H]2c2ccccc2)C2CC2)CC1. The Balaban J connectivity index is 1.41. The minimum absolute atomic E-state index is 0.0192. The maximum atomic E-state index is 14.6. The second-order valence-corrected chi connectivity index (χ2v) is 9.74. The van der Waals surface area contributed by atoms with Gasteiger partial charge >= 0.3 is 6.03 Å². The van der Waals surface area contributed by atoms with E-state index in [1.807, 2.05) is 41.3 Å². The highest BCUT2D eigenvalue weighted by molar-refractivity contribution is 5.87. The van der Waals surface area contributed by atoms with E-state index in [9.17, 15) is 18.4 Å². The molecule has 1 aliphatic carbocycles. The quantitative estimate of drug-likeness (QED) is 0.660. The molecule has 2 aliphatic heterocycles. The summed E-state index contributed by atoms with van der Waals surface area (Å²) in [7, 11) is 0. The lowest BCUT2D eigenvalue weighted by Crippen LogP contribution is -2.55. The number of nitrogens with one attached hydrogen (secondary N) is 1. The second kappa shape index (κ2) is 9.77. The molecule has 2 aromatic rings. The van der Waals surface area contributed by atoms with Crippen LogP contribution in [0.1, 0.15) is 42.9 Å². The molecule has 0 bridgehead atoms. The fourth-order valence-corrected chi connectivity index (χ4v) is 5.44. The zero-order valence-corrected chi connectivity index (χ0v) is 19.5. The molecule has 2 fully saturated rings. The largest absolute Gasteiger partial charge is 0.352 e. The van der Waals surface area contributed by atoms with Crippen LogP contribution in [0.4, 0.5) is 13.6 Å². The van der Waals surface area contributed by atoms with E-state index in [-0.39, 0.29) is 42.1 Å². The van der Waals surface area contributed by atoms with Gasteiger partial charge in [0.05, 0.1) is 12.1 Å². The molecule has 1 saturated heterocycles. The number of amides is 3. The van der Waals surface area contributed by atoms with Gasteiger partial charge in [-0.2, -0.15) is 0 Å². The van der Waals surface area contributed by atoms with Crippen molar-refractivity contribution < 1.29 is 18.4 Å². The Morgan fingerprint density at radius 2 is 1.71 bits per heavy atom. The molecule has 2 heterocycles. The first-order valence-corrected chi connectivity index (χ1v) is 12.2. The molecule has 35 heavy (non-hydrogen) atoms. The number of benzene rings is 2. The second-order valence-electron chi connectivity index (χ2n) is 9.74. The number of rotatable bonds is 6. The number of hydrogen-bond acceptors (Lipinski definition) is 3. The van der Waals surface area contributed by atoms with Crippen LogP contribution in [0.25, 0.3) is 5.57 Å². The smallest absolute Gasteiger partial charge is 0.312 e. The van der Waals surface area contributed by atoms with Crippen molar-refractivity contribution in [2.75, 3.05) is 19.6 Å². The van der Waals surface area contributed by atoms with Gasteiger partial charge in [0, 0.05) is 31.2 Å². The molecule has 184 valence electrons. The first-order valence-electron chi connectivity index (χ1n) is 12.2. The fourth-order valence-electron chi connectivity index (χ4n) is 5.44. The van der Waals surface area contributed by atoms with E-state index in [2.05, 4.69) is 10.2 Å². The summed E-state index contributed by atoms with van der Waals surface area (Å²) >= 11 is 0. The molecular formula is C27H30F2N4O2. The summed E-state index contributed by atoms with van der Waals surface area (Å²) in [5.74, 6) is -0.701. The maximum absolute atomic E-state index is 14.6. The minimum Gasteiger partial charge on any atom is -0.352 e. The summed E-state index contributed by atoms with van der Waals surface area (Å²) in [6, 6.07) is 12.0. The summed E-state index contributed by atoms with van der Waals surface area (Å²) in [5.41, 5.74) is 7.03. The predicted molar refractivity (Wildman–Crippen MR) is 129 cm³/mol. The lowest BCUT2D eigenvalue weighted by molar-refractivity contribution is -0.139. The highest BCUT2D eigenvalue weighted by Crippen LogP contribution is 2.41. The summed E-state index contributed by atoms with van der Waals surface area (Å²) in [5, 5.41) is 2.78. The maximum Gasteiger partial charge on any atom is 0.312 e. The van der Waals surface area contributed by atoms with Crippen LogP contribution in [0.2, 0.25) is 0 Å². The number of primary amides is 1. The van der Waals surface area contributed by atoms with Gasteiger partial charge in [-0.15, -0.1) is 0 Å². The van der Waals surface area contributed by atoms with Gasteiger partial charge in [-0.25, -0.2) is 13.6 Å². The third-order valence-electron chi connectivity index (χ3n) is 7.32. The van der Waals surface area contributed by atoms with Gasteiger partial charge in [0.2, 0.25) is 5.91 Å². The van der Waals surface area contributed by atoms with Crippen molar-refractivity contribution in [1.29, 1.82) is 0 Å². The molecule has 3 N–H and O–H groups in total. The Morgan fingerprint density at radius 1 is 1.00 bits per heavy atom. The average molecular weight is 481 g/mol. The Labute approximate surface area is 203 Å². The lowest BCUT2D eigenvalue weighted by atomic mass is 9.99. The van der Waals surface area contributed by atoms with Crippen molar-refractivity contribution in [3.63, 3.8) is 0 Å². The Morgan fingerprint density at radius 3 is 2.37 bits per heavy atom. The Kier molecular flexibility index (Phi) is 6.56. The van der Waals surface area contributed by atoms with E-state index in [4.69, 9.17) is 5.73 Å². The molecule has 2 atom stereocenters. The van der Waals surface area contributed by atoms with E-state index in [0.717, 1.165) is 43.4 Å². The summed E-state index contributed by atoms with van der Waals surface area (Å²) in [6.07, 6.45) is 5.36. The monoisotopic (exact) mass is 480 g/mol. The normalized spacial score (nSPS) is 22.1. The molecule has 2 aromatic carbocycles. The fraction of sp³-hybridized carbons (Fsp3) is 0.407. The molecule has 3 aliphatic rings. The van der Waals surface area contributed by atoms with Crippen LogP contribution in [0.3, 0.4) is 0 Å². The molecule has 0 radical (unpaired) electrons. The van der Waals surface area contributed by atoms with Crippen LogP contribution in [0.5, 0.6) is 0 Å². The highest BCUT2D eigenvalue weighted by Gasteiger charge is 2.45. The van der Waals surface area contributed by atoms with E-state index >= 15 is 0 Å². The van der Waals surface area contributed by atoms with Crippen LogP contribution in [-0.2, 0) is 4.79 Å². The molecular weight excluding hydrogens is 450 g/mol. The van der Waals surface area contributed by atoms with E-state index < -0.39 is 17.7 Å². The first kappa shape index (κ1) is 23.5. The number of carbonyl (C=O) groups excluding carboxylic acids is 2. The van der Waals surface area contributed by atoms with Crippen LogP contribution >= 0.6 is 0 Å². The number of halogens is 2. The van der Waals surface area contributed by atoms with Gasteiger partial charge in [-0.05, 0) is 60.9 Å². The van der Waals surface area contributed by atoms with Crippen molar-refractivity contribution in [2.24, 2.45) is 11.7 Å². The Hall–Kier alpha value is -3.26. The number of hydrogen-bond donors (Lipinski definition) is 2. The van der Waals surface area contributed by atoms with Gasteiger partial charge in [0.25, 0.3) is 0 Å². The predicted octanol–water partition coefficient (Wildman–Crippen LogP) is 3.84. The molecule has 5 rings (SSSR count). The number of carbonyl (C=O) groups is 2. The van der Waals surface area contributed by atoms with E-state index in [1.54, 1.807) is 0 Å². The number of piperidine rings is 1. The Bertz CT molecular complexity index is 1130. The molecule has 3 amide bonds. The molecule has 8 heteroatoms. The van der Waals surface area contributed by atoms with Crippen LogP contribution in [-0.4, -0.2) is 53.5 Å². The van der Waals surface area contributed by atoms with Crippen molar-refractivity contribution >= 4 is 17.5 Å². The number of nitrogens with two attached hydrogens (primary N) is 1. The van der Waals surface area contributed by atoms with Crippen molar-refractivity contribution in [1.82, 2.24) is 15.1 Å². The van der Waals surface area contributed by atoms with Crippen molar-refractivity contribution in [3.05, 3.63) is 77.4 Å². The standard InChI is InChI=1S/C27H30F2N4O2/c28-20-8-9-23(29)22(15-20)19-14-24(17-4-2-1-3-5-17)33(16-19)26(34)25(18-6-7-18)32-12-10-21(11-13-32)31-27(30)35/h1-5,8-9,14-15,18,21,24-25H,6-7,10-13,16H2,(H3,30,31,35)/t24-,25-/m0/s1. The van der Waals surface area contributed by atoms with Gasteiger partial charge in [-0.1, -0.05) is 36.4 Å². The molecule has 6 nitrogen and oxygen atoms in total. The van der Waals surface area contributed by atoms with Gasteiger partial charge in [0.15, 0.2) is 0 Å². The summed E-state index contributed by atoms with van der Waals surface area (Å²) < 4.78 is 28.6. The third-order valence-corrected chi connectivity index (χ3v) is 7.32. The molecule has 0 unspecified atom stereocenters. The van der Waals surface area contributed by atoms with Crippen molar-refractivity contribution in [2.45, 2.75) is 43.8 Å². The van der Waals surface area contributed by atoms with Gasteiger partial charge < -0.3 is 16.0 Å². The van der Waals surface area contributed by atoms with Crippen LogP contribution in [0.15, 0.2) is 54.6 Å². The lowest BCUT2D eigenvalue weighted by Gasteiger charge is -2.39. The average Bonchev–Trinajstić information content (AvgIpc) is 3.58. The topological polar surface area (TPSA) is 78.7 Å². The van der Waals surface area contributed by atoms with Crippen LogP contribution in [0, 0.1) is 17.6 Å². The zero-order chi connectivity index (χ0) is 24.5. The van der Waals surface area contributed by atoms with Crippen LogP contribution < -0.4 is 11.1 Å². The molecule has 0 aromatic heterocycles. The van der Waals surface area contributed by atoms with Crippen molar-refractivity contribution in [3.8, 4) is 0 Å². The third kappa shape index (κ3) is 5.07. The minimum atomic E-state index is -0.524. The van der Waals surface area contributed by atoms with Gasteiger partial charge in [-0.3, -0.25) is 9.69 Å². The van der Waals surface area contributed by atoms with E-state index in [0.29, 0.717) is 18.7 Å².